The maximum absolute atomic E-state index is 12.1. The Morgan fingerprint density at radius 1 is 1.16 bits per heavy atom. The molecule has 2 aromatic rings. The van der Waals surface area contributed by atoms with Crippen molar-refractivity contribution in [2.24, 2.45) is 0 Å². The lowest BCUT2D eigenvalue weighted by molar-refractivity contribution is 0.0940. The summed E-state index contributed by atoms with van der Waals surface area (Å²) in [6.45, 7) is 2.03. The van der Waals surface area contributed by atoms with Crippen LogP contribution < -0.4 is 5.32 Å². The van der Waals surface area contributed by atoms with E-state index in [4.69, 9.17) is 0 Å². The third-order valence-corrected chi connectivity index (χ3v) is 3.52. The Morgan fingerprint density at radius 2 is 1.89 bits per heavy atom. The van der Waals surface area contributed by atoms with Crippen LogP contribution in [0.3, 0.4) is 0 Å². The fourth-order valence-corrected chi connectivity index (χ4v) is 2.50. The van der Waals surface area contributed by atoms with Gasteiger partial charge in [0, 0.05) is 15.2 Å². The molecule has 1 amide bonds. The predicted molar refractivity (Wildman–Crippen MR) is 86.2 cm³/mol. The lowest BCUT2D eigenvalue weighted by atomic mass is 10.1. The molecule has 0 radical (unpaired) electrons. The molecule has 0 spiro atoms. The summed E-state index contributed by atoms with van der Waals surface area (Å²) in [5.41, 5.74) is 1.95. The van der Waals surface area contributed by atoms with Crippen LogP contribution in [0.5, 0.6) is 0 Å². The molecule has 0 aliphatic heterocycles. The van der Waals surface area contributed by atoms with E-state index in [-0.39, 0.29) is 11.9 Å². The van der Waals surface area contributed by atoms with Gasteiger partial charge in [-0.15, -0.1) is 0 Å². The highest BCUT2D eigenvalue weighted by molar-refractivity contribution is 14.1. The number of halogens is 1. The van der Waals surface area contributed by atoms with Gasteiger partial charge in [0.25, 0.3) is 5.91 Å². The van der Waals surface area contributed by atoms with Crippen molar-refractivity contribution in [3.8, 4) is 0 Å². The van der Waals surface area contributed by atoms with Crippen LogP contribution in [0.1, 0.15) is 22.8 Å². The number of amides is 1. The van der Waals surface area contributed by atoms with Crippen molar-refractivity contribution in [3.05, 3.63) is 69.3 Å². The average molecular weight is 365 g/mol. The standard InChI is InChI=1S/C16H16INO/c1-12(10-13-6-3-2-4-7-13)18-16(19)14-8-5-9-15(17)11-14/h2-9,11-12H,10H2,1H3,(H,18,19). The lowest BCUT2D eigenvalue weighted by Crippen LogP contribution is -2.34. The van der Waals surface area contributed by atoms with Crippen molar-refractivity contribution in [1.82, 2.24) is 5.32 Å². The molecule has 0 aliphatic carbocycles. The Kier molecular flexibility index (Phi) is 4.96. The van der Waals surface area contributed by atoms with Crippen LogP contribution in [0, 0.1) is 3.57 Å². The van der Waals surface area contributed by atoms with Crippen LogP contribution >= 0.6 is 22.6 Å². The van der Waals surface area contributed by atoms with Gasteiger partial charge in [0.1, 0.15) is 0 Å². The van der Waals surface area contributed by atoms with Crippen molar-refractivity contribution in [2.45, 2.75) is 19.4 Å². The number of carbonyl (C=O) groups is 1. The molecule has 98 valence electrons. The molecule has 1 atom stereocenters. The Hall–Kier alpha value is -1.36. The van der Waals surface area contributed by atoms with Crippen molar-refractivity contribution < 1.29 is 4.79 Å². The fraction of sp³-hybridized carbons (Fsp3) is 0.188. The van der Waals surface area contributed by atoms with Crippen molar-refractivity contribution in [3.63, 3.8) is 0 Å². The van der Waals surface area contributed by atoms with Crippen LogP contribution in [0.2, 0.25) is 0 Å². The SMILES string of the molecule is CC(Cc1ccccc1)NC(=O)c1cccc(I)c1. The number of hydrogen-bond acceptors (Lipinski definition) is 1. The molecular formula is C16H16INO. The summed E-state index contributed by atoms with van der Waals surface area (Å²) in [6, 6.07) is 17.9. The second-order valence-corrected chi connectivity index (χ2v) is 5.82. The van der Waals surface area contributed by atoms with E-state index < -0.39 is 0 Å². The smallest absolute Gasteiger partial charge is 0.251 e. The van der Waals surface area contributed by atoms with Gasteiger partial charge in [0.05, 0.1) is 0 Å². The van der Waals surface area contributed by atoms with Gasteiger partial charge in [-0.1, -0.05) is 36.4 Å². The van der Waals surface area contributed by atoms with E-state index in [2.05, 4.69) is 40.0 Å². The van der Waals surface area contributed by atoms with Crippen molar-refractivity contribution in [1.29, 1.82) is 0 Å². The highest BCUT2D eigenvalue weighted by Crippen LogP contribution is 2.09. The monoisotopic (exact) mass is 365 g/mol. The van der Waals surface area contributed by atoms with E-state index in [0.29, 0.717) is 5.56 Å². The zero-order valence-electron chi connectivity index (χ0n) is 10.8. The molecule has 0 heterocycles. The lowest BCUT2D eigenvalue weighted by Gasteiger charge is -2.14. The average Bonchev–Trinajstić information content (AvgIpc) is 2.39. The Balaban J connectivity index is 1.95. The second-order valence-electron chi connectivity index (χ2n) is 4.57. The third kappa shape index (κ3) is 4.35. The first kappa shape index (κ1) is 14.1. The largest absolute Gasteiger partial charge is 0.349 e. The first-order valence-electron chi connectivity index (χ1n) is 6.25. The number of rotatable bonds is 4. The molecule has 3 heteroatoms. The van der Waals surface area contributed by atoms with Gasteiger partial charge in [0.15, 0.2) is 0 Å². The molecule has 0 fully saturated rings. The highest BCUT2D eigenvalue weighted by Gasteiger charge is 2.10. The van der Waals surface area contributed by atoms with E-state index in [1.165, 1.54) is 5.56 Å². The van der Waals surface area contributed by atoms with Crippen LogP contribution in [-0.4, -0.2) is 11.9 Å². The molecule has 1 N–H and O–H groups in total. The minimum atomic E-state index is -0.0121. The maximum Gasteiger partial charge on any atom is 0.251 e. The van der Waals surface area contributed by atoms with Gasteiger partial charge in [-0.3, -0.25) is 4.79 Å². The van der Waals surface area contributed by atoms with E-state index >= 15 is 0 Å². The molecule has 0 aromatic heterocycles. The van der Waals surface area contributed by atoms with Crippen molar-refractivity contribution >= 4 is 28.5 Å². The molecule has 0 saturated heterocycles. The van der Waals surface area contributed by atoms with Crippen LogP contribution in [0.15, 0.2) is 54.6 Å². The Bertz CT molecular complexity index is 554. The van der Waals surface area contributed by atoms with Gasteiger partial charge in [-0.25, -0.2) is 0 Å². The normalized spacial score (nSPS) is 11.9. The first-order valence-corrected chi connectivity index (χ1v) is 7.33. The maximum atomic E-state index is 12.1. The Morgan fingerprint density at radius 3 is 2.58 bits per heavy atom. The summed E-state index contributed by atoms with van der Waals surface area (Å²) in [5.74, 6) is -0.0121. The summed E-state index contributed by atoms with van der Waals surface area (Å²) in [5, 5.41) is 3.03. The quantitative estimate of drug-likeness (QED) is 0.824. The zero-order valence-corrected chi connectivity index (χ0v) is 12.9. The van der Waals surface area contributed by atoms with E-state index in [1.807, 2.05) is 49.4 Å². The molecule has 1 unspecified atom stereocenters. The third-order valence-electron chi connectivity index (χ3n) is 2.85. The molecule has 19 heavy (non-hydrogen) atoms. The first-order chi connectivity index (χ1) is 9.15. The molecule has 2 rings (SSSR count). The van der Waals surface area contributed by atoms with Crippen molar-refractivity contribution in [2.75, 3.05) is 0 Å². The fourth-order valence-electron chi connectivity index (χ4n) is 1.96. The van der Waals surface area contributed by atoms with Gasteiger partial charge < -0.3 is 5.32 Å². The summed E-state index contributed by atoms with van der Waals surface area (Å²) in [6.07, 6.45) is 0.844. The number of nitrogens with one attached hydrogen (secondary N) is 1. The Labute approximate surface area is 127 Å². The van der Waals surface area contributed by atoms with Gasteiger partial charge in [-0.05, 0) is 59.7 Å². The molecule has 0 bridgehead atoms. The summed E-state index contributed by atoms with van der Waals surface area (Å²) in [4.78, 5) is 12.1. The summed E-state index contributed by atoms with van der Waals surface area (Å²) in [7, 11) is 0. The topological polar surface area (TPSA) is 29.1 Å². The number of carbonyl (C=O) groups excluding carboxylic acids is 1. The molecular weight excluding hydrogens is 349 g/mol. The van der Waals surface area contributed by atoms with E-state index in [1.54, 1.807) is 0 Å². The highest BCUT2D eigenvalue weighted by atomic mass is 127. The molecule has 2 aromatic carbocycles. The minimum absolute atomic E-state index is 0.0121. The molecule has 0 aliphatic rings. The van der Waals surface area contributed by atoms with Gasteiger partial charge in [-0.2, -0.15) is 0 Å². The van der Waals surface area contributed by atoms with E-state index in [9.17, 15) is 4.79 Å². The second kappa shape index (κ2) is 6.70. The number of benzene rings is 2. The predicted octanol–water partition coefficient (Wildman–Crippen LogP) is 3.65. The summed E-state index contributed by atoms with van der Waals surface area (Å²) < 4.78 is 1.07. The molecule has 2 nitrogen and oxygen atoms in total. The van der Waals surface area contributed by atoms with Crippen LogP contribution in [-0.2, 0) is 6.42 Å². The minimum Gasteiger partial charge on any atom is -0.349 e. The zero-order chi connectivity index (χ0) is 13.7. The van der Waals surface area contributed by atoms with Gasteiger partial charge in [0.2, 0.25) is 0 Å². The van der Waals surface area contributed by atoms with Crippen LogP contribution in [0.4, 0.5) is 0 Å². The van der Waals surface area contributed by atoms with Crippen LogP contribution in [0.25, 0.3) is 0 Å². The molecule has 0 saturated carbocycles. The number of hydrogen-bond donors (Lipinski definition) is 1. The van der Waals surface area contributed by atoms with Gasteiger partial charge >= 0.3 is 0 Å². The summed E-state index contributed by atoms with van der Waals surface area (Å²) >= 11 is 2.21. The van der Waals surface area contributed by atoms with E-state index in [0.717, 1.165) is 9.99 Å².